The van der Waals surface area contributed by atoms with E-state index in [4.69, 9.17) is 0 Å². The number of hydrogen-bond donors (Lipinski definition) is 0. The van der Waals surface area contributed by atoms with Crippen molar-refractivity contribution in [1.82, 2.24) is 0 Å². The van der Waals surface area contributed by atoms with Gasteiger partial charge in [-0.3, -0.25) is 0 Å². The smallest absolute Gasteiger partial charge is 0.211 e. The van der Waals surface area contributed by atoms with E-state index in [2.05, 4.69) is 20.9 Å². The number of rotatable bonds is 2. The van der Waals surface area contributed by atoms with E-state index in [0.29, 0.717) is 10.0 Å². The number of benzene rings is 1. The fourth-order valence-corrected chi connectivity index (χ4v) is 1.38. The van der Waals surface area contributed by atoms with Gasteiger partial charge >= 0.3 is 0 Å². The van der Waals surface area contributed by atoms with Crippen molar-refractivity contribution < 1.29 is 9.18 Å². The summed E-state index contributed by atoms with van der Waals surface area (Å²) in [6.45, 7) is 1.94. The van der Waals surface area contributed by atoms with Crippen molar-refractivity contribution in [3.8, 4) is 0 Å². The van der Waals surface area contributed by atoms with E-state index in [1.807, 2.05) is 0 Å². The summed E-state index contributed by atoms with van der Waals surface area (Å²) in [6, 6.07) is 3.19. The Morgan fingerprint density at radius 3 is 2.92 bits per heavy atom. The van der Waals surface area contributed by atoms with Crippen LogP contribution in [0.4, 0.5) is 4.39 Å². The number of halogens is 2. The maximum absolute atomic E-state index is 13.1. The highest BCUT2D eigenvalue weighted by molar-refractivity contribution is 9.10. The van der Waals surface area contributed by atoms with E-state index in [0.717, 1.165) is 5.56 Å². The van der Waals surface area contributed by atoms with Gasteiger partial charge in [-0.05, 0) is 40.0 Å². The lowest BCUT2D eigenvalue weighted by Gasteiger charge is -2.03. The molecule has 0 aliphatic rings. The second-order valence-electron chi connectivity index (χ2n) is 2.63. The molecule has 4 heteroatoms. The van der Waals surface area contributed by atoms with Crippen LogP contribution < -0.4 is 0 Å². The van der Waals surface area contributed by atoms with Crippen LogP contribution >= 0.6 is 15.9 Å². The lowest BCUT2D eigenvalue weighted by Crippen LogP contribution is -1.89. The third-order valence-corrected chi connectivity index (χ3v) is 2.45. The Morgan fingerprint density at radius 1 is 1.62 bits per heavy atom. The number of hydrogen-bond acceptors (Lipinski definition) is 2. The van der Waals surface area contributed by atoms with Crippen molar-refractivity contribution in [3.63, 3.8) is 0 Å². The van der Waals surface area contributed by atoms with E-state index < -0.39 is 0 Å². The first-order valence-corrected chi connectivity index (χ1v) is 4.42. The van der Waals surface area contributed by atoms with Crippen LogP contribution in [0.2, 0.25) is 0 Å². The summed E-state index contributed by atoms with van der Waals surface area (Å²) in [5.41, 5.74) is 1.46. The molecular formula is C9H7BrFNO. The molecule has 0 aromatic heterocycles. The van der Waals surface area contributed by atoms with Crippen molar-refractivity contribution in [3.05, 3.63) is 33.5 Å². The first-order chi connectivity index (χ1) is 6.15. The first kappa shape index (κ1) is 10.1. The Hall–Kier alpha value is -0.990. The summed E-state index contributed by atoms with van der Waals surface area (Å²) in [5.74, 6) is -0.337. The summed E-state index contributed by atoms with van der Waals surface area (Å²) in [4.78, 5) is 13.2. The average Bonchev–Trinajstić information content (AvgIpc) is 2.09. The summed E-state index contributed by atoms with van der Waals surface area (Å²) in [6.07, 6.45) is 1.41. The van der Waals surface area contributed by atoms with Crippen LogP contribution in [-0.2, 0) is 11.3 Å². The molecule has 0 spiro atoms. The molecule has 68 valence electrons. The predicted molar refractivity (Wildman–Crippen MR) is 50.7 cm³/mol. The molecule has 0 saturated heterocycles. The van der Waals surface area contributed by atoms with Crippen molar-refractivity contribution in [2.24, 2.45) is 4.99 Å². The highest BCUT2D eigenvalue weighted by Crippen LogP contribution is 2.22. The lowest BCUT2D eigenvalue weighted by molar-refractivity contribution is 0.562. The van der Waals surface area contributed by atoms with Gasteiger partial charge in [-0.25, -0.2) is 14.2 Å². The molecule has 0 unspecified atom stereocenters. The van der Waals surface area contributed by atoms with Gasteiger partial charge in [0.15, 0.2) is 0 Å². The second kappa shape index (κ2) is 4.30. The molecule has 0 N–H and O–H groups in total. The Kier molecular flexibility index (Phi) is 3.34. The molecule has 2 nitrogen and oxygen atoms in total. The molecule has 0 aliphatic carbocycles. The van der Waals surface area contributed by atoms with Crippen molar-refractivity contribution >= 4 is 22.0 Å². The largest absolute Gasteiger partial charge is 0.235 e. The van der Waals surface area contributed by atoms with Gasteiger partial charge in [0.05, 0.1) is 11.0 Å². The monoisotopic (exact) mass is 243 g/mol. The molecule has 0 amide bonds. The summed E-state index contributed by atoms with van der Waals surface area (Å²) in [7, 11) is 0. The molecule has 1 aromatic rings. The highest BCUT2D eigenvalue weighted by atomic mass is 79.9. The molecule has 0 radical (unpaired) electrons. The van der Waals surface area contributed by atoms with Crippen LogP contribution in [0.25, 0.3) is 0 Å². The Labute approximate surface area is 83.6 Å². The molecule has 0 bridgehead atoms. The maximum Gasteiger partial charge on any atom is 0.235 e. The van der Waals surface area contributed by atoms with Gasteiger partial charge in [-0.2, -0.15) is 0 Å². The third-order valence-electron chi connectivity index (χ3n) is 1.56. The second-order valence-corrected chi connectivity index (χ2v) is 3.42. The minimum absolute atomic E-state index is 0.155. The zero-order valence-electron chi connectivity index (χ0n) is 6.97. The number of aliphatic imine (C=N–C) groups is 1. The highest BCUT2D eigenvalue weighted by Gasteiger charge is 2.05. The molecule has 0 fully saturated rings. The van der Waals surface area contributed by atoms with Gasteiger partial charge in [0.25, 0.3) is 0 Å². The summed E-state index contributed by atoms with van der Waals surface area (Å²) < 4.78 is 13.4. The fraction of sp³-hybridized carbons (Fsp3) is 0.222. The minimum atomic E-state index is -0.337. The minimum Gasteiger partial charge on any atom is -0.211 e. The Morgan fingerprint density at radius 2 is 2.31 bits per heavy atom. The zero-order chi connectivity index (χ0) is 9.84. The van der Waals surface area contributed by atoms with E-state index in [9.17, 15) is 9.18 Å². The number of isocyanates is 1. The normalized spacial score (nSPS) is 9.46. The number of nitrogens with zero attached hydrogens (tertiary/aromatic N) is 1. The van der Waals surface area contributed by atoms with Gasteiger partial charge in [0, 0.05) is 0 Å². The third kappa shape index (κ3) is 2.47. The van der Waals surface area contributed by atoms with Crippen LogP contribution in [0.3, 0.4) is 0 Å². The van der Waals surface area contributed by atoms with Gasteiger partial charge in [0.1, 0.15) is 5.82 Å². The van der Waals surface area contributed by atoms with E-state index >= 15 is 0 Å². The zero-order valence-corrected chi connectivity index (χ0v) is 8.56. The Balaban J connectivity index is 3.12. The molecule has 1 rings (SSSR count). The standard InChI is InChI=1S/C9H7BrFNO/c1-6-2-7(4-12-5-13)9(10)8(11)3-6/h2-3H,4H2,1H3. The van der Waals surface area contributed by atoms with E-state index in [-0.39, 0.29) is 12.4 Å². The molecule has 0 heterocycles. The SMILES string of the molecule is Cc1cc(F)c(Br)c(CN=C=O)c1. The quantitative estimate of drug-likeness (QED) is 0.581. The molecular weight excluding hydrogens is 237 g/mol. The van der Waals surface area contributed by atoms with Crippen LogP contribution in [0.15, 0.2) is 21.6 Å². The molecule has 13 heavy (non-hydrogen) atoms. The van der Waals surface area contributed by atoms with Gasteiger partial charge < -0.3 is 0 Å². The molecule has 1 aromatic carbocycles. The van der Waals surface area contributed by atoms with Crippen molar-refractivity contribution in [2.75, 3.05) is 0 Å². The van der Waals surface area contributed by atoms with Crippen LogP contribution in [0, 0.1) is 12.7 Å². The van der Waals surface area contributed by atoms with Crippen LogP contribution in [0.1, 0.15) is 11.1 Å². The lowest BCUT2D eigenvalue weighted by atomic mass is 10.1. The van der Waals surface area contributed by atoms with Gasteiger partial charge in [-0.1, -0.05) is 6.07 Å². The topological polar surface area (TPSA) is 29.4 Å². The van der Waals surface area contributed by atoms with E-state index in [1.165, 1.54) is 12.1 Å². The predicted octanol–water partition coefficient (Wildman–Crippen LogP) is 2.73. The Bertz CT molecular complexity index is 372. The number of carbonyl (C=O) groups excluding carboxylic acids is 1. The van der Waals surface area contributed by atoms with Crippen molar-refractivity contribution in [1.29, 1.82) is 0 Å². The first-order valence-electron chi connectivity index (χ1n) is 3.63. The average molecular weight is 244 g/mol. The van der Waals surface area contributed by atoms with Gasteiger partial charge in [0.2, 0.25) is 6.08 Å². The molecule has 0 saturated carbocycles. The van der Waals surface area contributed by atoms with Crippen molar-refractivity contribution in [2.45, 2.75) is 13.5 Å². The number of aryl methyl sites for hydroxylation is 1. The van der Waals surface area contributed by atoms with E-state index in [1.54, 1.807) is 13.0 Å². The maximum atomic E-state index is 13.1. The summed E-state index contributed by atoms with van der Waals surface area (Å²) in [5, 5.41) is 0. The molecule has 0 atom stereocenters. The van der Waals surface area contributed by atoms with Crippen LogP contribution in [0.5, 0.6) is 0 Å². The van der Waals surface area contributed by atoms with Crippen LogP contribution in [-0.4, -0.2) is 6.08 Å². The fourth-order valence-electron chi connectivity index (χ4n) is 1.03. The van der Waals surface area contributed by atoms with Gasteiger partial charge in [-0.15, -0.1) is 0 Å². The summed E-state index contributed by atoms with van der Waals surface area (Å²) >= 11 is 3.08. The molecule has 0 aliphatic heterocycles.